The first-order valence-electron chi connectivity index (χ1n) is 14.1. The number of likely N-dealkylation sites (N-methyl/N-ethyl adjacent to an activating group) is 2. The van der Waals surface area contributed by atoms with Crippen molar-refractivity contribution >= 4 is 11.9 Å². The van der Waals surface area contributed by atoms with Crippen molar-refractivity contribution in [3.63, 3.8) is 0 Å². The van der Waals surface area contributed by atoms with Crippen LogP contribution in [0.15, 0.2) is 24.3 Å². The molecule has 5 nitrogen and oxygen atoms in total. The number of rotatable bonds is 23. The van der Waals surface area contributed by atoms with E-state index in [1.807, 2.05) is 13.8 Å². The predicted molar refractivity (Wildman–Crippen MR) is 145 cm³/mol. The van der Waals surface area contributed by atoms with Gasteiger partial charge in [0.15, 0.2) is 12.4 Å². The average molecular weight is 479 g/mol. The van der Waals surface area contributed by atoms with Gasteiger partial charge in [-0.1, -0.05) is 90.0 Å². The summed E-state index contributed by atoms with van der Waals surface area (Å²) in [5.41, 5.74) is 0. The van der Waals surface area contributed by atoms with Crippen LogP contribution in [0.5, 0.6) is 0 Å². The number of allylic oxidation sites excluding steroid dienone is 4. The summed E-state index contributed by atoms with van der Waals surface area (Å²) in [7, 11) is 0. The number of ketones is 1. The number of amides is 1. The first-order chi connectivity index (χ1) is 16.6. The Morgan fingerprint density at radius 1 is 0.853 bits per heavy atom. The fourth-order valence-electron chi connectivity index (χ4n) is 3.96. The normalized spacial score (nSPS) is 12.5. The van der Waals surface area contributed by atoms with Gasteiger partial charge >= 0.3 is 6.09 Å². The van der Waals surface area contributed by atoms with Crippen molar-refractivity contribution in [2.75, 3.05) is 32.8 Å². The van der Waals surface area contributed by atoms with Crippen molar-refractivity contribution in [3.8, 4) is 0 Å². The van der Waals surface area contributed by atoms with E-state index < -0.39 is 0 Å². The number of carbonyl (C=O) groups excluding carboxylic acids is 2. The highest BCUT2D eigenvalue weighted by atomic mass is 16.6. The van der Waals surface area contributed by atoms with Gasteiger partial charge in [0.1, 0.15) is 0 Å². The first-order valence-corrected chi connectivity index (χ1v) is 14.1. The Kier molecular flexibility index (Phi) is 23.3. The molecule has 0 aliphatic carbocycles. The maximum atomic E-state index is 12.9. The zero-order chi connectivity index (χ0) is 25.3. The van der Waals surface area contributed by atoms with E-state index in [9.17, 15) is 9.59 Å². The van der Waals surface area contributed by atoms with Crippen molar-refractivity contribution in [1.29, 1.82) is 0 Å². The van der Waals surface area contributed by atoms with Crippen molar-refractivity contribution < 1.29 is 14.3 Å². The molecule has 1 atom stereocenters. The third-order valence-electron chi connectivity index (χ3n) is 6.16. The van der Waals surface area contributed by atoms with E-state index in [0.717, 1.165) is 70.9 Å². The van der Waals surface area contributed by atoms with E-state index in [1.165, 1.54) is 25.7 Å². The zero-order valence-corrected chi connectivity index (χ0v) is 22.8. The summed E-state index contributed by atoms with van der Waals surface area (Å²) in [6.07, 6.45) is 22.9. The quantitative estimate of drug-likeness (QED) is 0.122. The number of unbranched alkanes of at least 4 members (excludes halogenated alkanes) is 7. The number of nitrogens with zero attached hydrogens (tertiary/aromatic N) is 1. The molecule has 0 aromatic heterocycles. The van der Waals surface area contributed by atoms with Crippen LogP contribution in [0.4, 0.5) is 4.79 Å². The summed E-state index contributed by atoms with van der Waals surface area (Å²) >= 11 is 0. The molecule has 0 aromatic rings. The Bertz CT molecular complexity index is 545. The molecular formula is C29H54N2O3. The van der Waals surface area contributed by atoms with Gasteiger partial charge in [-0.05, 0) is 52.0 Å². The summed E-state index contributed by atoms with van der Waals surface area (Å²) in [5, 5.41) is 3.22. The second-order valence-corrected chi connectivity index (χ2v) is 9.08. The first kappa shape index (κ1) is 32.4. The van der Waals surface area contributed by atoms with Crippen molar-refractivity contribution in [1.82, 2.24) is 10.2 Å². The molecule has 0 saturated heterocycles. The Labute approximate surface area is 210 Å². The minimum absolute atomic E-state index is 0.0148. The topological polar surface area (TPSA) is 58.6 Å². The molecule has 0 fully saturated rings. The van der Waals surface area contributed by atoms with Crippen LogP contribution in [-0.4, -0.2) is 49.6 Å². The van der Waals surface area contributed by atoms with Crippen molar-refractivity contribution in [2.45, 2.75) is 111 Å². The number of ether oxygens (including phenoxy) is 1. The molecule has 1 N–H and O–H groups in total. The van der Waals surface area contributed by atoms with Gasteiger partial charge in [-0.2, -0.15) is 0 Å². The summed E-state index contributed by atoms with van der Waals surface area (Å²) in [5.74, 6) is 0.107. The highest BCUT2D eigenvalue weighted by molar-refractivity contribution is 5.84. The van der Waals surface area contributed by atoms with Gasteiger partial charge in [0.2, 0.25) is 0 Å². The van der Waals surface area contributed by atoms with Gasteiger partial charge in [0, 0.05) is 25.6 Å². The number of hydrogen-bond acceptors (Lipinski definition) is 4. The molecule has 0 bridgehead atoms. The molecule has 34 heavy (non-hydrogen) atoms. The van der Waals surface area contributed by atoms with E-state index in [0.29, 0.717) is 13.1 Å². The molecule has 198 valence electrons. The van der Waals surface area contributed by atoms with E-state index in [2.05, 4.69) is 43.5 Å². The second-order valence-electron chi connectivity index (χ2n) is 9.08. The van der Waals surface area contributed by atoms with Crippen LogP contribution < -0.4 is 5.32 Å². The Balaban J connectivity index is 4.45. The van der Waals surface area contributed by atoms with E-state index in [1.54, 1.807) is 4.90 Å². The molecule has 0 spiro atoms. The molecule has 0 saturated carbocycles. The lowest BCUT2D eigenvalue weighted by atomic mass is 9.91. The lowest BCUT2D eigenvalue weighted by Crippen LogP contribution is -2.38. The van der Waals surface area contributed by atoms with E-state index in [4.69, 9.17) is 4.74 Å². The number of Topliss-reactive ketones (excluding diaryl/α,β-unsaturated/α-hetero) is 1. The molecule has 0 aliphatic heterocycles. The van der Waals surface area contributed by atoms with Gasteiger partial charge in [0.25, 0.3) is 0 Å². The average Bonchev–Trinajstić information content (AvgIpc) is 2.84. The second kappa shape index (κ2) is 24.5. The third kappa shape index (κ3) is 18.8. The highest BCUT2D eigenvalue weighted by Crippen LogP contribution is 2.20. The zero-order valence-electron chi connectivity index (χ0n) is 22.8. The van der Waals surface area contributed by atoms with Gasteiger partial charge in [-0.25, -0.2) is 4.79 Å². The van der Waals surface area contributed by atoms with Gasteiger partial charge in [-0.3, -0.25) is 4.79 Å². The SMILES string of the molecule is CCC=CCC=CCCCCCC(CCCCCCC)C(=O)COC(=O)N(CC)CCNCC. The largest absolute Gasteiger partial charge is 0.441 e. The molecule has 1 unspecified atom stereocenters. The van der Waals surface area contributed by atoms with Crippen LogP contribution in [0.25, 0.3) is 0 Å². The minimum Gasteiger partial charge on any atom is -0.441 e. The minimum atomic E-state index is -0.379. The fourth-order valence-corrected chi connectivity index (χ4v) is 3.96. The van der Waals surface area contributed by atoms with Crippen LogP contribution in [-0.2, 0) is 9.53 Å². The van der Waals surface area contributed by atoms with Crippen LogP contribution in [0.3, 0.4) is 0 Å². The molecule has 0 aromatic carbocycles. The molecule has 0 rings (SSSR count). The lowest BCUT2D eigenvalue weighted by molar-refractivity contribution is -0.126. The maximum absolute atomic E-state index is 12.9. The standard InChI is InChI=1S/C29H54N2O3/c1-5-9-11-13-14-15-16-17-19-21-23-27(22-20-18-12-10-6-2)28(32)26-34-29(33)31(8-4)25-24-30-7-3/h9,11,14-15,27,30H,5-8,10,12-13,16-26H2,1-4H3. The molecule has 5 heteroatoms. The summed E-state index contributed by atoms with van der Waals surface area (Å²) in [6, 6.07) is 0. The Morgan fingerprint density at radius 2 is 1.53 bits per heavy atom. The Hall–Kier alpha value is -1.62. The maximum Gasteiger partial charge on any atom is 0.410 e. The Morgan fingerprint density at radius 3 is 2.18 bits per heavy atom. The smallest absolute Gasteiger partial charge is 0.410 e. The van der Waals surface area contributed by atoms with Gasteiger partial charge in [-0.15, -0.1) is 0 Å². The fraction of sp³-hybridized carbons (Fsp3) is 0.793. The van der Waals surface area contributed by atoms with Gasteiger partial charge < -0.3 is 15.0 Å². The van der Waals surface area contributed by atoms with Crippen LogP contribution in [0, 0.1) is 5.92 Å². The number of carbonyl (C=O) groups is 2. The molecule has 1 amide bonds. The van der Waals surface area contributed by atoms with Gasteiger partial charge in [0.05, 0.1) is 0 Å². The predicted octanol–water partition coefficient (Wildman–Crippen LogP) is 7.46. The van der Waals surface area contributed by atoms with Crippen molar-refractivity contribution in [3.05, 3.63) is 24.3 Å². The van der Waals surface area contributed by atoms with E-state index in [-0.39, 0.29) is 24.4 Å². The summed E-state index contributed by atoms with van der Waals surface area (Å²) in [6.45, 7) is 11.0. The number of nitrogens with one attached hydrogen (secondary N) is 1. The number of hydrogen-bond donors (Lipinski definition) is 1. The van der Waals surface area contributed by atoms with Crippen molar-refractivity contribution in [2.24, 2.45) is 5.92 Å². The molecule has 0 radical (unpaired) electrons. The van der Waals surface area contributed by atoms with Crippen LogP contribution in [0.2, 0.25) is 0 Å². The van der Waals surface area contributed by atoms with E-state index >= 15 is 0 Å². The van der Waals surface area contributed by atoms with Crippen LogP contribution >= 0.6 is 0 Å². The van der Waals surface area contributed by atoms with Crippen LogP contribution in [0.1, 0.15) is 111 Å². The highest BCUT2D eigenvalue weighted by Gasteiger charge is 2.21. The third-order valence-corrected chi connectivity index (χ3v) is 6.16. The molecular weight excluding hydrogens is 424 g/mol. The molecule has 0 heterocycles. The summed E-state index contributed by atoms with van der Waals surface area (Å²) in [4.78, 5) is 26.9. The molecule has 0 aliphatic rings. The monoisotopic (exact) mass is 478 g/mol. The summed E-state index contributed by atoms with van der Waals surface area (Å²) < 4.78 is 5.41. The lowest BCUT2D eigenvalue weighted by Gasteiger charge is -2.21.